The first-order valence-corrected chi connectivity index (χ1v) is 5.06. The third-order valence-corrected chi connectivity index (χ3v) is 2.92. The van der Waals surface area contributed by atoms with Gasteiger partial charge in [-0.25, -0.2) is 8.78 Å². The fourth-order valence-corrected chi connectivity index (χ4v) is 2.10. The lowest BCUT2D eigenvalue weighted by Crippen LogP contribution is -1.98. The lowest BCUT2D eigenvalue weighted by Gasteiger charge is -2.09. The van der Waals surface area contributed by atoms with E-state index in [1.165, 1.54) is 6.07 Å². The molecule has 0 aliphatic rings. The van der Waals surface area contributed by atoms with Crippen LogP contribution in [0, 0.1) is 11.6 Å². The normalized spacial score (nSPS) is 10.5. The van der Waals surface area contributed by atoms with Crippen molar-refractivity contribution < 1.29 is 8.78 Å². The molecule has 0 unspecified atom stereocenters. The molecule has 0 fully saturated rings. The molecule has 13 heavy (non-hydrogen) atoms. The molecule has 0 aliphatic heterocycles. The van der Waals surface area contributed by atoms with Crippen LogP contribution in [0.3, 0.4) is 0 Å². The second kappa shape index (κ2) is 4.18. The minimum absolute atomic E-state index is 0.270. The van der Waals surface area contributed by atoms with E-state index in [9.17, 15) is 8.78 Å². The summed E-state index contributed by atoms with van der Waals surface area (Å²) in [4.78, 5) is 0. The molecule has 0 N–H and O–H groups in total. The highest BCUT2D eigenvalue weighted by molar-refractivity contribution is 9.10. The second-order valence-electron chi connectivity index (χ2n) is 2.83. The van der Waals surface area contributed by atoms with Crippen LogP contribution in [0.25, 0.3) is 0 Å². The van der Waals surface area contributed by atoms with Gasteiger partial charge in [-0.2, -0.15) is 0 Å². The van der Waals surface area contributed by atoms with Crippen LogP contribution in [0.1, 0.15) is 25.0 Å². The molecule has 0 nitrogen and oxygen atoms in total. The van der Waals surface area contributed by atoms with E-state index in [2.05, 4.69) is 15.9 Å². The van der Waals surface area contributed by atoms with E-state index in [1.54, 1.807) is 0 Å². The van der Waals surface area contributed by atoms with Gasteiger partial charge in [0.1, 0.15) is 0 Å². The van der Waals surface area contributed by atoms with Gasteiger partial charge in [-0.15, -0.1) is 0 Å². The molecule has 0 aromatic heterocycles. The van der Waals surface area contributed by atoms with Crippen molar-refractivity contribution in [2.75, 3.05) is 0 Å². The van der Waals surface area contributed by atoms with E-state index in [4.69, 9.17) is 0 Å². The first kappa shape index (κ1) is 10.6. The number of aryl methyl sites for hydroxylation is 1. The van der Waals surface area contributed by atoms with Crippen molar-refractivity contribution in [2.45, 2.75) is 26.7 Å². The third-order valence-electron chi connectivity index (χ3n) is 2.09. The SMILES string of the molecule is CCc1cc(F)c(F)c(Br)c1CC. The van der Waals surface area contributed by atoms with Gasteiger partial charge < -0.3 is 0 Å². The van der Waals surface area contributed by atoms with Gasteiger partial charge in [-0.1, -0.05) is 13.8 Å². The number of hydrogen-bond donors (Lipinski definition) is 0. The van der Waals surface area contributed by atoms with Crippen LogP contribution in [0.4, 0.5) is 8.78 Å². The summed E-state index contributed by atoms with van der Waals surface area (Å²) in [5.74, 6) is -1.56. The van der Waals surface area contributed by atoms with E-state index < -0.39 is 11.6 Å². The van der Waals surface area contributed by atoms with Crippen LogP contribution < -0.4 is 0 Å². The summed E-state index contributed by atoms with van der Waals surface area (Å²) in [6.45, 7) is 3.86. The Hall–Kier alpha value is -0.440. The van der Waals surface area contributed by atoms with Gasteiger partial charge in [0.25, 0.3) is 0 Å². The highest BCUT2D eigenvalue weighted by Gasteiger charge is 2.13. The molecule has 1 rings (SSSR count). The summed E-state index contributed by atoms with van der Waals surface area (Å²) in [5.41, 5.74) is 1.73. The van der Waals surface area contributed by atoms with Crippen molar-refractivity contribution in [2.24, 2.45) is 0 Å². The molecule has 1 aromatic carbocycles. The van der Waals surface area contributed by atoms with Gasteiger partial charge >= 0.3 is 0 Å². The molecule has 0 saturated heterocycles. The molecule has 0 bridgehead atoms. The number of halogens is 3. The van der Waals surface area contributed by atoms with Crippen LogP contribution in [-0.2, 0) is 12.8 Å². The summed E-state index contributed by atoms with van der Waals surface area (Å²) >= 11 is 3.07. The number of benzene rings is 1. The Morgan fingerprint density at radius 1 is 1.23 bits per heavy atom. The standard InChI is InChI=1S/C10H11BrF2/c1-3-6-5-8(12)10(13)9(11)7(6)4-2/h5H,3-4H2,1-2H3. The topological polar surface area (TPSA) is 0 Å². The van der Waals surface area contributed by atoms with Crippen molar-refractivity contribution in [3.63, 3.8) is 0 Å². The molecule has 0 aliphatic carbocycles. The van der Waals surface area contributed by atoms with Gasteiger partial charge in [0.2, 0.25) is 0 Å². The van der Waals surface area contributed by atoms with E-state index >= 15 is 0 Å². The quantitative estimate of drug-likeness (QED) is 0.698. The van der Waals surface area contributed by atoms with E-state index in [0.29, 0.717) is 6.42 Å². The first-order valence-electron chi connectivity index (χ1n) is 4.27. The molecule has 72 valence electrons. The Morgan fingerprint density at radius 3 is 2.31 bits per heavy atom. The van der Waals surface area contributed by atoms with Gasteiger partial charge in [0.15, 0.2) is 11.6 Å². The minimum Gasteiger partial charge on any atom is -0.204 e. The molecule has 0 radical (unpaired) electrons. The van der Waals surface area contributed by atoms with Crippen LogP contribution >= 0.6 is 15.9 Å². The monoisotopic (exact) mass is 248 g/mol. The Labute approximate surface area is 85.1 Å². The predicted molar refractivity (Wildman–Crippen MR) is 52.8 cm³/mol. The molecule has 0 saturated carbocycles. The van der Waals surface area contributed by atoms with Crippen molar-refractivity contribution in [3.05, 3.63) is 33.3 Å². The number of hydrogen-bond acceptors (Lipinski definition) is 0. The Balaban J connectivity index is 3.39. The summed E-state index contributed by atoms with van der Waals surface area (Å²) in [5, 5.41) is 0. The Morgan fingerprint density at radius 2 is 1.85 bits per heavy atom. The molecular weight excluding hydrogens is 238 g/mol. The van der Waals surface area contributed by atoms with Gasteiger partial charge in [-0.3, -0.25) is 0 Å². The van der Waals surface area contributed by atoms with E-state index in [-0.39, 0.29) is 4.47 Å². The van der Waals surface area contributed by atoms with Crippen LogP contribution in [-0.4, -0.2) is 0 Å². The summed E-state index contributed by atoms with van der Waals surface area (Å²) < 4.78 is 26.3. The zero-order chi connectivity index (χ0) is 10.0. The maximum absolute atomic E-state index is 13.1. The maximum Gasteiger partial charge on any atom is 0.173 e. The summed E-state index contributed by atoms with van der Waals surface area (Å²) in [6, 6.07) is 1.28. The minimum atomic E-state index is -0.783. The van der Waals surface area contributed by atoms with Gasteiger partial charge in [0, 0.05) is 0 Å². The first-order chi connectivity index (χ1) is 6.11. The summed E-state index contributed by atoms with van der Waals surface area (Å²) in [6.07, 6.45) is 1.43. The molecule has 0 atom stereocenters. The molecular formula is C10H11BrF2. The van der Waals surface area contributed by atoms with Gasteiger partial charge in [-0.05, 0) is 46.0 Å². The maximum atomic E-state index is 13.1. The highest BCUT2D eigenvalue weighted by Crippen LogP contribution is 2.27. The average Bonchev–Trinajstić information content (AvgIpc) is 2.13. The smallest absolute Gasteiger partial charge is 0.173 e. The van der Waals surface area contributed by atoms with Gasteiger partial charge in [0.05, 0.1) is 4.47 Å². The van der Waals surface area contributed by atoms with E-state index in [0.717, 1.165) is 17.5 Å². The van der Waals surface area contributed by atoms with Crippen molar-refractivity contribution in [1.82, 2.24) is 0 Å². The van der Waals surface area contributed by atoms with Crippen LogP contribution in [0.15, 0.2) is 10.5 Å². The van der Waals surface area contributed by atoms with Crippen molar-refractivity contribution in [3.8, 4) is 0 Å². The zero-order valence-corrected chi connectivity index (χ0v) is 9.21. The van der Waals surface area contributed by atoms with Crippen LogP contribution in [0.2, 0.25) is 0 Å². The molecule has 1 aromatic rings. The summed E-state index contributed by atoms with van der Waals surface area (Å²) in [7, 11) is 0. The molecule has 0 amide bonds. The fraction of sp³-hybridized carbons (Fsp3) is 0.400. The second-order valence-corrected chi connectivity index (χ2v) is 3.62. The van der Waals surface area contributed by atoms with Crippen molar-refractivity contribution in [1.29, 1.82) is 0 Å². The van der Waals surface area contributed by atoms with E-state index in [1.807, 2.05) is 13.8 Å². The van der Waals surface area contributed by atoms with Crippen molar-refractivity contribution >= 4 is 15.9 Å². The predicted octanol–water partition coefficient (Wildman–Crippen LogP) is 3.85. The molecule has 3 heteroatoms. The fourth-order valence-electron chi connectivity index (χ4n) is 1.38. The Kier molecular flexibility index (Phi) is 3.42. The lowest BCUT2D eigenvalue weighted by molar-refractivity contribution is 0.500. The third kappa shape index (κ3) is 1.90. The lowest BCUT2D eigenvalue weighted by atomic mass is 10.0. The van der Waals surface area contributed by atoms with Crippen LogP contribution in [0.5, 0.6) is 0 Å². The highest BCUT2D eigenvalue weighted by atomic mass is 79.9. The molecule has 0 spiro atoms. The average molecular weight is 249 g/mol. The largest absolute Gasteiger partial charge is 0.204 e. The number of rotatable bonds is 2. The zero-order valence-electron chi connectivity index (χ0n) is 7.63. The Bertz CT molecular complexity index is 321. The molecule has 0 heterocycles.